The monoisotopic (exact) mass is 378 g/mol. The van der Waals surface area contributed by atoms with E-state index in [9.17, 15) is 0 Å². The molecule has 0 saturated carbocycles. The molecule has 3 nitrogen and oxygen atoms in total. The first kappa shape index (κ1) is 16.8. The van der Waals surface area contributed by atoms with Gasteiger partial charge in [0.05, 0.1) is 0 Å². The summed E-state index contributed by atoms with van der Waals surface area (Å²) < 4.78 is 9.21. The van der Waals surface area contributed by atoms with Crippen LogP contribution in [0.1, 0.15) is 0 Å². The summed E-state index contributed by atoms with van der Waals surface area (Å²) in [7, 11) is 0. The Morgan fingerprint density at radius 3 is 2.04 bits per heavy atom. The van der Waals surface area contributed by atoms with Crippen molar-refractivity contribution in [3.8, 4) is 22.6 Å². The molecule has 5 heteroatoms. The fraction of sp³-hybridized carbons (Fsp3) is 0. The van der Waals surface area contributed by atoms with E-state index >= 15 is 0 Å². The maximum Gasteiger partial charge on any atom is 0.306 e. The van der Waals surface area contributed by atoms with Crippen LogP contribution in [0, 0.1) is 0 Å². The highest BCUT2D eigenvalue weighted by molar-refractivity contribution is 8.00. The summed E-state index contributed by atoms with van der Waals surface area (Å²) in [5.74, 6) is 0.746. The van der Waals surface area contributed by atoms with E-state index in [0.29, 0.717) is 11.0 Å². The molecule has 0 atom stereocenters. The van der Waals surface area contributed by atoms with Crippen molar-refractivity contribution in [3.63, 3.8) is 0 Å². The van der Waals surface area contributed by atoms with Gasteiger partial charge in [0.15, 0.2) is 5.76 Å². The average Bonchev–Trinajstić information content (AvgIpc) is 3.13. The van der Waals surface area contributed by atoms with Gasteiger partial charge >= 0.3 is 6.01 Å². The van der Waals surface area contributed by atoms with Crippen molar-refractivity contribution >= 4 is 29.6 Å². The number of benzene rings is 3. The van der Waals surface area contributed by atoms with Crippen LogP contribution in [0.3, 0.4) is 0 Å². The lowest BCUT2D eigenvalue weighted by atomic mass is 10.1. The Bertz CT molecular complexity index is 929. The number of nitrogens with one attached hydrogen (secondary N) is 1. The molecule has 0 aliphatic heterocycles. The van der Waals surface area contributed by atoms with Gasteiger partial charge in [-0.1, -0.05) is 72.3 Å². The van der Waals surface area contributed by atoms with Gasteiger partial charge in [-0.3, -0.25) is 4.72 Å². The zero-order valence-corrected chi connectivity index (χ0v) is 15.3. The van der Waals surface area contributed by atoms with Crippen LogP contribution in [0.5, 0.6) is 0 Å². The van der Waals surface area contributed by atoms with Crippen molar-refractivity contribution in [1.29, 1.82) is 0 Å². The first-order chi connectivity index (χ1) is 12.8. The summed E-state index contributed by atoms with van der Waals surface area (Å²) in [6.45, 7) is 0. The van der Waals surface area contributed by atoms with Crippen molar-refractivity contribution in [2.75, 3.05) is 4.72 Å². The standard InChI is InChI=1S/C21H15ClN2OS/c22-17-11-13-18(14-12-17)26-24-21-23-19(15-7-3-1-4-8-15)20(25-21)16-9-5-2-6-10-16/h1-14H,(H,23,24). The third-order valence-corrected chi connectivity index (χ3v) is 4.82. The lowest BCUT2D eigenvalue weighted by molar-refractivity contribution is 0.595. The molecule has 0 radical (unpaired) electrons. The van der Waals surface area contributed by atoms with Crippen LogP contribution in [0.15, 0.2) is 94.2 Å². The lowest BCUT2D eigenvalue weighted by Gasteiger charge is -2.01. The van der Waals surface area contributed by atoms with Crippen LogP contribution in [0.2, 0.25) is 5.02 Å². The number of anilines is 1. The molecular formula is C21H15ClN2OS. The normalized spacial score (nSPS) is 10.7. The minimum absolute atomic E-state index is 0.461. The molecule has 4 aromatic rings. The summed E-state index contributed by atoms with van der Waals surface area (Å²) in [4.78, 5) is 5.69. The first-order valence-corrected chi connectivity index (χ1v) is 9.29. The molecule has 26 heavy (non-hydrogen) atoms. The zero-order valence-electron chi connectivity index (χ0n) is 13.7. The highest BCUT2D eigenvalue weighted by Gasteiger charge is 2.16. The van der Waals surface area contributed by atoms with Gasteiger partial charge in [-0.05, 0) is 36.2 Å². The highest BCUT2D eigenvalue weighted by Crippen LogP contribution is 2.35. The molecule has 0 unspecified atom stereocenters. The Morgan fingerprint density at radius 2 is 1.38 bits per heavy atom. The predicted octanol–water partition coefficient (Wildman–Crippen LogP) is 6.78. The zero-order chi connectivity index (χ0) is 17.8. The van der Waals surface area contributed by atoms with Gasteiger partial charge in [-0.15, -0.1) is 0 Å². The number of oxazole rings is 1. The quantitative estimate of drug-likeness (QED) is 0.388. The Labute approximate surface area is 161 Å². The minimum atomic E-state index is 0.461. The maximum atomic E-state index is 6.03. The van der Waals surface area contributed by atoms with Crippen LogP contribution < -0.4 is 4.72 Å². The molecular weight excluding hydrogens is 364 g/mol. The van der Waals surface area contributed by atoms with Gasteiger partial charge in [0.1, 0.15) is 5.69 Å². The van der Waals surface area contributed by atoms with Gasteiger partial charge < -0.3 is 4.42 Å². The van der Waals surface area contributed by atoms with Gasteiger partial charge in [-0.25, -0.2) is 0 Å². The molecule has 0 amide bonds. The van der Waals surface area contributed by atoms with E-state index in [0.717, 1.165) is 27.5 Å². The molecule has 1 heterocycles. The Morgan fingerprint density at radius 1 is 0.769 bits per heavy atom. The summed E-state index contributed by atoms with van der Waals surface area (Å²) in [6.07, 6.45) is 0. The summed E-state index contributed by atoms with van der Waals surface area (Å²) in [5.41, 5.74) is 2.82. The molecule has 0 bridgehead atoms. The maximum absolute atomic E-state index is 6.03. The fourth-order valence-electron chi connectivity index (χ4n) is 2.55. The van der Waals surface area contributed by atoms with Crippen LogP contribution in [-0.2, 0) is 0 Å². The van der Waals surface area contributed by atoms with Crippen molar-refractivity contribution in [2.45, 2.75) is 4.90 Å². The second kappa shape index (κ2) is 7.68. The number of hydrogen-bond donors (Lipinski definition) is 1. The van der Waals surface area contributed by atoms with Crippen molar-refractivity contribution in [1.82, 2.24) is 4.98 Å². The molecule has 3 aromatic carbocycles. The number of halogens is 1. The van der Waals surface area contributed by atoms with Crippen molar-refractivity contribution in [2.24, 2.45) is 0 Å². The molecule has 128 valence electrons. The van der Waals surface area contributed by atoms with Gasteiger partial charge in [0.25, 0.3) is 0 Å². The third kappa shape index (κ3) is 3.77. The summed E-state index contributed by atoms with van der Waals surface area (Å²) in [6, 6.07) is 28.1. The molecule has 4 rings (SSSR count). The van der Waals surface area contributed by atoms with Crippen LogP contribution in [0.4, 0.5) is 6.01 Å². The van der Waals surface area contributed by atoms with E-state index in [4.69, 9.17) is 16.0 Å². The van der Waals surface area contributed by atoms with E-state index in [1.165, 1.54) is 11.9 Å². The first-order valence-electron chi connectivity index (χ1n) is 8.10. The molecule has 0 aliphatic carbocycles. The molecule has 0 fully saturated rings. The fourth-order valence-corrected chi connectivity index (χ4v) is 3.24. The smallest absolute Gasteiger partial charge is 0.306 e. The molecule has 1 N–H and O–H groups in total. The second-order valence-corrected chi connectivity index (χ2v) is 6.90. The van der Waals surface area contributed by atoms with Crippen LogP contribution in [0.25, 0.3) is 22.6 Å². The SMILES string of the molecule is Clc1ccc(SNc2nc(-c3ccccc3)c(-c3ccccc3)o2)cc1. The van der Waals surface area contributed by atoms with E-state index < -0.39 is 0 Å². The van der Waals surface area contributed by atoms with E-state index in [2.05, 4.69) is 9.71 Å². The largest absolute Gasteiger partial charge is 0.422 e. The minimum Gasteiger partial charge on any atom is -0.422 e. The van der Waals surface area contributed by atoms with Crippen molar-refractivity contribution < 1.29 is 4.42 Å². The Kier molecular flexibility index (Phi) is 4.95. The summed E-state index contributed by atoms with van der Waals surface area (Å²) >= 11 is 7.36. The number of nitrogens with zero attached hydrogens (tertiary/aromatic N) is 1. The predicted molar refractivity (Wildman–Crippen MR) is 108 cm³/mol. The average molecular weight is 379 g/mol. The van der Waals surface area contributed by atoms with Crippen LogP contribution >= 0.6 is 23.5 Å². The Balaban J connectivity index is 1.66. The van der Waals surface area contributed by atoms with Crippen molar-refractivity contribution in [3.05, 3.63) is 90.0 Å². The number of rotatable bonds is 5. The van der Waals surface area contributed by atoms with Crippen LogP contribution in [-0.4, -0.2) is 4.98 Å². The van der Waals surface area contributed by atoms with E-state index in [-0.39, 0.29) is 0 Å². The Hall–Kier alpha value is -2.69. The second-order valence-electron chi connectivity index (χ2n) is 5.59. The van der Waals surface area contributed by atoms with E-state index in [1.54, 1.807) is 0 Å². The number of aromatic nitrogens is 1. The molecule has 0 saturated heterocycles. The van der Waals surface area contributed by atoms with Gasteiger partial charge in [-0.2, -0.15) is 4.98 Å². The third-order valence-electron chi connectivity index (χ3n) is 3.78. The number of hydrogen-bond acceptors (Lipinski definition) is 4. The topological polar surface area (TPSA) is 38.1 Å². The molecule has 0 aliphatic rings. The van der Waals surface area contributed by atoms with Gasteiger partial charge in [0.2, 0.25) is 0 Å². The van der Waals surface area contributed by atoms with Gasteiger partial charge in [0, 0.05) is 21.0 Å². The lowest BCUT2D eigenvalue weighted by Crippen LogP contribution is -1.86. The van der Waals surface area contributed by atoms with E-state index in [1.807, 2.05) is 84.9 Å². The molecule has 0 spiro atoms. The molecule has 1 aromatic heterocycles. The summed E-state index contributed by atoms with van der Waals surface area (Å²) in [5, 5.41) is 0.711. The highest BCUT2D eigenvalue weighted by atomic mass is 35.5.